The second-order valence-electron chi connectivity index (χ2n) is 5.49. The van der Waals surface area contributed by atoms with E-state index in [4.69, 9.17) is 0 Å². The van der Waals surface area contributed by atoms with Crippen LogP contribution in [0.4, 0.5) is 0 Å². The van der Waals surface area contributed by atoms with Crippen LogP contribution in [-0.2, 0) is 10.0 Å². The predicted molar refractivity (Wildman–Crippen MR) is 112 cm³/mol. The van der Waals surface area contributed by atoms with Gasteiger partial charge in [-0.1, -0.05) is 36.8 Å². The lowest BCUT2D eigenvalue weighted by Gasteiger charge is -2.17. The van der Waals surface area contributed by atoms with Crippen molar-refractivity contribution in [3.8, 4) is 0 Å². The fraction of sp³-hybridized carbons (Fsp3) is 0.562. The predicted octanol–water partition coefficient (Wildman–Crippen LogP) is 1.82. The summed E-state index contributed by atoms with van der Waals surface area (Å²) in [7, 11) is -1.44. The van der Waals surface area contributed by atoms with Crippen LogP contribution in [0, 0.1) is 6.92 Å². The highest BCUT2D eigenvalue weighted by atomic mass is 127. The number of hydrogen-bond donors (Lipinski definition) is 3. The van der Waals surface area contributed by atoms with Crippen molar-refractivity contribution in [2.75, 3.05) is 32.4 Å². The summed E-state index contributed by atoms with van der Waals surface area (Å²) in [5.41, 5.74) is 2.53. The van der Waals surface area contributed by atoms with Crippen molar-refractivity contribution in [1.29, 1.82) is 0 Å². The van der Waals surface area contributed by atoms with Gasteiger partial charge in [0, 0.05) is 26.7 Å². The lowest BCUT2D eigenvalue weighted by Crippen LogP contribution is -2.42. The van der Waals surface area contributed by atoms with E-state index in [2.05, 4.69) is 58.5 Å². The Balaban J connectivity index is 0.00000529. The standard InChI is InChI=1S/C16H28N4O2S.HI/c1-5-23(21,22)20-10-9-18-16(17-4)19-12-14(3)15-8-6-7-13(2)11-15;/h6-8,11,14,20H,5,9-10,12H2,1-4H3,(H2,17,18,19);1H. The first-order valence-electron chi connectivity index (χ1n) is 7.86. The fourth-order valence-electron chi connectivity index (χ4n) is 2.05. The van der Waals surface area contributed by atoms with Gasteiger partial charge in [-0.15, -0.1) is 24.0 Å². The molecule has 138 valence electrons. The number of hydrogen-bond acceptors (Lipinski definition) is 3. The number of sulfonamides is 1. The number of nitrogens with one attached hydrogen (secondary N) is 3. The van der Waals surface area contributed by atoms with E-state index in [-0.39, 0.29) is 29.7 Å². The van der Waals surface area contributed by atoms with E-state index in [0.717, 1.165) is 6.54 Å². The first-order valence-corrected chi connectivity index (χ1v) is 9.51. The summed E-state index contributed by atoms with van der Waals surface area (Å²) < 4.78 is 25.2. The molecule has 0 heterocycles. The van der Waals surface area contributed by atoms with E-state index in [1.54, 1.807) is 14.0 Å². The SMILES string of the molecule is CCS(=O)(=O)NCCNC(=NC)NCC(C)c1cccc(C)c1.I. The van der Waals surface area contributed by atoms with Gasteiger partial charge in [0.25, 0.3) is 0 Å². The van der Waals surface area contributed by atoms with Crippen LogP contribution in [0.25, 0.3) is 0 Å². The number of aliphatic imine (C=N–C) groups is 1. The van der Waals surface area contributed by atoms with Crippen molar-refractivity contribution in [1.82, 2.24) is 15.4 Å². The van der Waals surface area contributed by atoms with Gasteiger partial charge in [-0.25, -0.2) is 13.1 Å². The molecular formula is C16H29IN4O2S. The normalized spacial score (nSPS) is 13.1. The molecule has 1 aromatic carbocycles. The van der Waals surface area contributed by atoms with Crippen molar-refractivity contribution in [2.45, 2.75) is 26.7 Å². The molecule has 6 nitrogen and oxygen atoms in total. The Bertz CT molecular complexity index is 620. The molecule has 3 N–H and O–H groups in total. The molecule has 1 aromatic rings. The third kappa shape index (κ3) is 8.84. The molecule has 0 aliphatic rings. The van der Waals surface area contributed by atoms with Gasteiger partial charge >= 0.3 is 0 Å². The summed E-state index contributed by atoms with van der Waals surface area (Å²) in [5.74, 6) is 1.11. The molecular weight excluding hydrogens is 439 g/mol. The molecule has 0 saturated carbocycles. The number of guanidine groups is 1. The zero-order valence-electron chi connectivity index (χ0n) is 14.8. The molecule has 0 aliphatic carbocycles. The Morgan fingerprint density at radius 3 is 2.54 bits per heavy atom. The number of benzene rings is 1. The van der Waals surface area contributed by atoms with Gasteiger partial charge in [0.2, 0.25) is 10.0 Å². The van der Waals surface area contributed by atoms with Gasteiger partial charge in [-0.2, -0.15) is 0 Å². The molecule has 0 fully saturated rings. The van der Waals surface area contributed by atoms with Crippen LogP contribution in [0.15, 0.2) is 29.3 Å². The highest BCUT2D eigenvalue weighted by Gasteiger charge is 2.08. The molecule has 0 radical (unpaired) electrons. The summed E-state index contributed by atoms with van der Waals surface area (Å²) in [5, 5.41) is 6.36. The topological polar surface area (TPSA) is 82.6 Å². The monoisotopic (exact) mass is 468 g/mol. The van der Waals surface area contributed by atoms with Crippen LogP contribution in [-0.4, -0.2) is 46.8 Å². The highest BCUT2D eigenvalue weighted by molar-refractivity contribution is 14.0. The molecule has 0 saturated heterocycles. The van der Waals surface area contributed by atoms with E-state index in [0.29, 0.717) is 25.0 Å². The fourth-order valence-corrected chi connectivity index (χ4v) is 2.67. The van der Waals surface area contributed by atoms with Gasteiger partial charge in [-0.05, 0) is 25.3 Å². The van der Waals surface area contributed by atoms with Crippen LogP contribution in [0.5, 0.6) is 0 Å². The zero-order valence-corrected chi connectivity index (χ0v) is 17.9. The van der Waals surface area contributed by atoms with Crippen molar-refractivity contribution >= 4 is 40.0 Å². The number of nitrogens with zero attached hydrogens (tertiary/aromatic N) is 1. The average Bonchev–Trinajstić information content (AvgIpc) is 2.54. The van der Waals surface area contributed by atoms with Gasteiger partial charge in [0.05, 0.1) is 5.75 Å². The molecule has 0 spiro atoms. The minimum Gasteiger partial charge on any atom is -0.356 e. The summed E-state index contributed by atoms with van der Waals surface area (Å²) in [6, 6.07) is 8.45. The Morgan fingerprint density at radius 2 is 1.96 bits per heavy atom. The van der Waals surface area contributed by atoms with E-state index < -0.39 is 10.0 Å². The molecule has 8 heteroatoms. The van der Waals surface area contributed by atoms with Crippen LogP contribution < -0.4 is 15.4 Å². The maximum absolute atomic E-state index is 11.3. The van der Waals surface area contributed by atoms with E-state index >= 15 is 0 Å². The zero-order chi connectivity index (χ0) is 17.3. The second-order valence-corrected chi connectivity index (χ2v) is 7.59. The van der Waals surface area contributed by atoms with Crippen LogP contribution in [0.1, 0.15) is 30.9 Å². The molecule has 0 aromatic heterocycles. The minimum absolute atomic E-state index is 0. The number of halogens is 1. The third-order valence-electron chi connectivity index (χ3n) is 3.53. The van der Waals surface area contributed by atoms with Crippen molar-refractivity contribution in [3.05, 3.63) is 35.4 Å². The van der Waals surface area contributed by atoms with Crippen molar-refractivity contribution < 1.29 is 8.42 Å². The summed E-state index contributed by atoms with van der Waals surface area (Å²) in [4.78, 5) is 4.14. The molecule has 0 aliphatic heterocycles. The molecule has 1 atom stereocenters. The summed E-state index contributed by atoms with van der Waals surface area (Å²) >= 11 is 0. The molecule has 1 rings (SSSR count). The lowest BCUT2D eigenvalue weighted by atomic mass is 9.99. The van der Waals surface area contributed by atoms with E-state index in [9.17, 15) is 8.42 Å². The Hall–Kier alpha value is -0.870. The Labute approximate surface area is 163 Å². The Morgan fingerprint density at radius 1 is 1.25 bits per heavy atom. The van der Waals surface area contributed by atoms with Gasteiger partial charge in [0.1, 0.15) is 0 Å². The first kappa shape index (κ1) is 23.1. The van der Waals surface area contributed by atoms with E-state index in [1.165, 1.54) is 11.1 Å². The number of rotatable bonds is 8. The van der Waals surface area contributed by atoms with Crippen LogP contribution in [0.2, 0.25) is 0 Å². The largest absolute Gasteiger partial charge is 0.356 e. The van der Waals surface area contributed by atoms with Crippen molar-refractivity contribution in [3.63, 3.8) is 0 Å². The Kier molecular flexibility index (Phi) is 11.2. The first-order chi connectivity index (χ1) is 10.9. The average molecular weight is 468 g/mol. The maximum atomic E-state index is 11.3. The van der Waals surface area contributed by atoms with Gasteiger partial charge in [-0.3, -0.25) is 4.99 Å². The third-order valence-corrected chi connectivity index (χ3v) is 4.93. The summed E-state index contributed by atoms with van der Waals surface area (Å²) in [6.07, 6.45) is 0. The minimum atomic E-state index is -3.14. The quantitative estimate of drug-likeness (QED) is 0.235. The molecule has 0 amide bonds. The van der Waals surface area contributed by atoms with Crippen LogP contribution in [0.3, 0.4) is 0 Å². The molecule has 0 bridgehead atoms. The van der Waals surface area contributed by atoms with Crippen molar-refractivity contribution in [2.24, 2.45) is 4.99 Å². The molecule has 24 heavy (non-hydrogen) atoms. The molecule has 1 unspecified atom stereocenters. The smallest absolute Gasteiger partial charge is 0.211 e. The van der Waals surface area contributed by atoms with Crippen LogP contribution >= 0.6 is 24.0 Å². The van der Waals surface area contributed by atoms with Gasteiger partial charge < -0.3 is 10.6 Å². The second kappa shape index (κ2) is 11.6. The van der Waals surface area contributed by atoms with E-state index in [1.807, 2.05) is 0 Å². The highest BCUT2D eigenvalue weighted by Crippen LogP contribution is 2.15. The summed E-state index contributed by atoms with van der Waals surface area (Å²) in [6.45, 7) is 7.43. The lowest BCUT2D eigenvalue weighted by molar-refractivity contribution is 0.581. The van der Waals surface area contributed by atoms with Gasteiger partial charge in [0.15, 0.2) is 5.96 Å². The maximum Gasteiger partial charge on any atom is 0.211 e. The number of aryl methyl sites for hydroxylation is 1.